The molecule has 1 aliphatic heterocycles. The molecule has 2 N–H and O–H groups in total. The van der Waals surface area contributed by atoms with Crippen molar-refractivity contribution in [1.29, 1.82) is 0 Å². The maximum absolute atomic E-state index is 12.6. The number of rotatable bonds is 6. The van der Waals surface area contributed by atoms with E-state index in [4.69, 9.17) is 10.4 Å². The van der Waals surface area contributed by atoms with Crippen molar-refractivity contribution < 1.29 is 35.6 Å². The minimum atomic E-state index is -0.328. The molecule has 0 saturated heterocycles. The van der Waals surface area contributed by atoms with Crippen molar-refractivity contribution in [2.75, 3.05) is 25.2 Å². The van der Waals surface area contributed by atoms with Gasteiger partial charge < -0.3 is 0 Å². The third kappa shape index (κ3) is 5.03. The average Bonchev–Trinajstić information content (AvgIpc) is 2.58. The molecule has 0 bridgehead atoms. The number of anilines is 1. The Morgan fingerprint density at radius 2 is 2.16 bits per heavy atom. The van der Waals surface area contributed by atoms with E-state index in [1.54, 1.807) is 0 Å². The Labute approximate surface area is 161 Å². The first kappa shape index (κ1) is 20.4. The van der Waals surface area contributed by atoms with Gasteiger partial charge in [0, 0.05) is 0 Å². The summed E-state index contributed by atoms with van der Waals surface area (Å²) in [4.78, 5) is 14.7. The summed E-state index contributed by atoms with van der Waals surface area (Å²) in [5.74, 6) is 0.885. The number of amides is 1. The Balaban J connectivity index is 2.36. The summed E-state index contributed by atoms with van der Waals surface area (Å²) in [6, 6.07) is 5.42. The predicted molar refractivity (Wildman–Crippen MR) is 96.9 cm³/mol. The van der Waals surface area contributed by atoms with Crippen LogP contribution in [0.5, 0.6) is 5.75 Å². The molecular formula is C18H27BIN2O3-. The van der Waals surface area contributed by atoms with E-state index < -0.39 is 0 Å². The van der Waals surface area contributed by atoms with Gasteiger partial charge in [0.25, 0.3) is 0 Å². The first-order chi connectivity index (χ1) is 11.9. The second-order valence-electron chi connectivity index (χ2n) is 6.90. The molecule has 138 valence electrons. The Morgan fingerprint density at radius 3 is 2.76 bits per heavy atom. The number of aliphatic hydroxyl groups is 1. The monoisotopic (exact) mass is 457 g/mol. The summed E-state index contributed by atoms with van der Waals surface area (Å²) in [6.07, 6.45) is 0.595. The molecule has 1 aromatic carbocycles. The van der Waals surface area contributed by atoms with Crippen LogP contribution in [0.25, 0.3) is 0 Å². The Morgan fingerprint density at radius 1 is 1.44 bits per heavy atom. The fourth-order valence-corrected chi connectivity index (χ4v) is 3.56. The fraction of sp³-hybridized carbons (Fsp3) is 0.611. The van der Waals surface area contributed by atoms with Crippen molar-refractivity contribution in [1.82, 2.24) is 5.32 Å². The number of carbonyl (C=O) groups is 1. The van der Waals surface area contributed by atoms with Crippen LogP contribution in [-0.2, 0) is 11.2 Å². The van der Waals surface area contributed by atoms with Crippen LogP contribution in [-0.4, -0.2) is 53.0 Å². The quantitative estimate of drug-likeness (QED) is 0.299. The fourth-order valence-electron chi connectivity index (χ4n) is 3.17. The molecule has 1 aromatic rings. The van der Waals surface area contributed by atoms with E-state index >= 15 is 0 Å². The topological polar surface area (TPSA) is 61.8 Å². The molecule has 1 heterocycles. The predicted octanol–water partition coefficient (Wildman–Crippen LogP) is -1.88. The first-order valence-corrected chi connectivity index (χ1v) is 11.1. The number of aliphatic hydroxyl groups excluding tert-OH is 1. The number of likely N-dealkylation sites (N-methyl/N-ethyl adjacent to an activating group) is 1. The summed E-state index contributed by atoms with van der Waals surface area (Å²) >= 11 is -0.328. The molecule has 0 spiro atoms. The average molecular weight is 457 g/mol. The van der Waals surface area contributed by atoms with Crippen molar-refractivity contribution in [2.45, 2.75) is 43.2 Å². The zero-order valence-electron chi connectivity index (χ0n) is 15.3. The molecule has 0 aliphatic carbocycles. The van der Waals surface area contributed by atoms with Crippen LogP contribution in [0.2, 0.25) is 0 Å². The molecule has 0 aromatic heterocycles. The van der Waals surface area contributed by atoms with Gasteiger partial charge in [-0.05, 0) is 0 Å². The van der Waals surface area contributed by atoms with Crippen molar-refractivity contribution in [3.8, 4) is 5.75 Å². The number of ether oxygens (including phenoxy) is 1. The number of halogens is 1. The molecule has 5 nitrogen and oxygen atoms in total. The zero-order chi connectivity index (χ0) is 18.6. The number of fused-ring (bicyclic) bond motifs is 1. The molecule has 1 unspecified atom stereocenters. The van der Waals surface area contributed by atoms with Gasteiger partial charge in [-0.1, -0.05) is 0 Å². The molecule has 25 heavy (non-hydrogen) atoms. The van der Waals surface area contributed by atoms with Crippen LogP contribution in [0.4, 0.5) is 5.69 Å². The van der Waals surface area contributed by atoms with Gasteiger partial charge in [0.05, 0.1) is 0 Å². The zero-order valence-corrected chi connectivity index (χ0v) is 17.5. The molecule has 0 fully saturated rings. The second kappa shape index (κ2) is 9.12. The number of benzene rings is 1. The summed E-state index contributed by atoms with van der Waals surface area (Å²) < 4.78 is 6.29. The number of nitrogens with one attached hydrogen (secondary N) is 1. The maximum atomic E-state index is 12.6. The molecule has 2 radical (unpaired) electrons. The molecule has 0 saturated carbocycles. The van der Waals surface area contributed by atoms with Gasteiger partial charge >= 0.3 is 162 Å². The van der Waals surface area contributed by atoms with E-state index in [0.29, 0.717) is 17.0 Å². The van der Waals surface area contributed by atoms with Crippen molar-refractivity contribution in [3.63, 3.8) is 0 Å². The van der Waals surface area contributed by atoms with Crippen LogP contribution >= 0.6 is 0 Å². The summed E-state index contributed by atoms with van der Waals surface area (Å²) in [6.45, 7) is 6.69. The second-order valence-corrected chi connectivity index (χ2v) is 9.75. The van der Waals surface area contributed by atoms with E-state index in [9.17, 15) is 9.90 Å². The van der Waals surface area contributed by atoms with Crippen molar-refractivity contribution in [2.24, 2.45) is 5.92 Å². The van der Waals surface area contributed by atoms with Crippen molar-refractivity contribution >= 4 is 17.3 Å². The number of alkyl halides is 1. The normalized spacial score (nSPS) is 22.2. The van der Waals surface area contributed by atoms with Crippen LogP contribution in [0, 0.1) is 5.92 Å². The van der Waals surface area contributed by atoms with Gasteiger partial charge in [0.2, 0.25) is 0 Å². The van der Waals surface area contributed by atoms with E-state index in [2.05, 4.69) is 12.2 Å². The van der Waals surface area contributed by atoms with E-state index in [1.807, 2.05) is 44.0 Å². The number of nitrogens with zero attached hydrogens (tertiary/aromatic N) is 1. The first-order valence-electron chi connectivity index (χ1n) is 8.59. The van der Waals surface area contributed by atoms with Gasteiger partial charge in [-0.15, -0.1) is 0 Å². The number of carbonyl (C=O) groups excluding carboxylic acids is 1. The van der Waals surface area contributed by atoms with Crippen LogP contribution in [0.1, 0.15) is 26.3 Å². The third-order valence-corrected chi connectivity index (χ3v) is 6.07. The molecule has 2 rings (SSSR count). The van der Waals surface area contributed by atoms with Crippen molar-refractivity contribution in [3.05, 3.63) is 23.8 Å². The summed E-state index contributed by atoms with van der Waals surface area (Å²) in [7, 11) is 1.94. The number of hydrogen-bond donors (Lipinski definition) is 2. The Hall–Kier alpha value is -0.955. The van der Waals surface area contributed by atoms with Gasteiger partial charge in [0.15, 0.2) is 0 Å². The van der Waals surface area contributed by atoms with E-state index in [-0.39, 0.29) is 51.5 Å². The van der Waals surface area contributed by atoms with Crippen LogP contribution in [0.3, 0.4) is 0 Å². The van der Waals surface area contributed by atoms with Gasteiger partial charge in [0.1, 0.15) is 0 Å². The van der Waals surface area contributed by atoms with Gasteiger partial charge in [-0.25, -0.2) is 0 Å². The SMILES string of the molecule is [B][I-]C(C)COc1ccc2c(c1)N(C)[C@H](C(C)C)C(=O)N[C@@H](CO)C2. The third-order valence-electron chi connectivity index (χ3n) is 4.48. The molecular weight excluding hydrogens is 430 g/mol. The Bertz CT molecular complexity index is 600. The summed E-state index contributed by atoms with van der Waals surface area (Å²) in [5.41, 5.74) is 7.84. The molecule has 1 aliphatic rings. The van der Waals surface area contributed by atoms with E-state index in [0.717, 1.165) is 17.0 Å². The van der Waals surface area contributed by atoms with E-state index in [1.165, 1.54) is 0 Å². The van der Waals surface area contributed by atoms with Crippen LogP contribution in [0.15, 0.2) is 18.2 Å². The standard InChI is InChI=1S/C18H27BIN2O3/c1-11(2)17-18(24)21-14(9-23)7-13-5-6-15(8-16(13)22(17)4)25-10-12(3)20-19/h5-6,8,11-12,14,17,23H,7,9-10H2,1-4H3,(H,21,24)/q-1/t12?,14-,17-/m1/s1. The minimum absolute atomic E-state index is 0.0463. The molecule has 7 heteroatoms. The molecule has 3 atom stereocenters. The summed E-state index contributed by atoms with van der Waals surface area (Å²) in [5, 5.41) is 12.6. The Kier molecular flexibility index (Phi) is 7.43. The van der Waals surface area contributed by atoms with Gasteiger partial charge in [-0.2, -0.15) is 0 Å². The number of hydrogen-bond acceptors (Lipinski definition) is 4. The van der Waals surface area contributed by atoms with Crippen LogP contribution < -0.4 is 35.9 Å². The van der Waals surface area contributed by atoms with Gasteiger partial charge in [-0.3, -0.25) is 0 Å². The molecule has 1 amide bonds.